The molecule has 0 fully saturated rings. The van der Waals surface area contributed by atoms with Gasteiger partial charge in [-0.1, -0.05) is 11.6 Å². The standard InChI is InChI=1S/C14H16ClN5O/c15-11-2-1-10(16)7-12(11)18-14(21)9-19-5-6-20-4-3-17-13(20)8-19/h1-4,7H,5-6,8-9,16H2,(H,18,21). The second kappa shape index (κ2) is 5.75. The van der Waals surface area contributed by atoms with E-state index in [1.165, 1.54) is 0 Å². The highest BCUT2D eigenvalue weighted by molar-refractivity contribution is 6.33. The lowest BCUT2D eigenvalue weighted by Crippen LogP contribution is -2.39. The third kappa shape index (κ3) is 3.17. The Hall–Kier alpha value is -2.05. The summed E-state index contributed by atoms with van der Waals surface area (Å²) in [5.41, 5.74) is 6.80. The third-order valence-corrected chi connectivity index (χ3v) is 3.79. The first-order valence-corrected chi connectivity index (χ1v) is 7.07. The van der Waals surface area contributed by atoms with Crippen LogP contribution < -0.4 is 11.1 Å². The highest BCUT2D eigenvalue weighted by atomic mass is 35.5. The number of carbonyl (C=O) groups is 1. The van der Waals surface area contributed by atoms with Gasteiger partial charge in [-0.05, 0) is 18.2 Å². The van der Waals surface area contributed by atoms with Crippen molar-refractivity contribution in [3.8, 4) is 0 Å². The summed E-state index contributed by atoms with van der Waals surface area (Å²) in [7, 11) is 0. The quantitative estimate of drug-likeness (QED) is 0.844. The molecule has 7 heteroatoms. The van der Waals surface area contributed by atoms with Crippen molar-refractivity contribution in [2.75, 3.05) is 24.1 Å². The van der Waals surface area contributed by atoms with Crippen LogP contribution >= 0.6 is 11.6 Å². The van der Waals surface area contributed by atoms with Gasteiger partial charge in [-0.15, -0.1) is 0 Å². The van der Waals surface area contributed by atoms with Crippen molar-refractivity contribution in [2.24, 2.45) is 0 Å². The van der Waals surface area contributed by atoms with E-state index >= 15 is 0 Å². The molecule has 21 heavy (non-hydrogen) atoms. The number of benzene rings is 1. The summed E-state index contributed by atoms with van der Waals surface area (Å²) >= 11 is 6.04. The number of hydrogen-bond donors (Lipinski definition) is 2. The number of aromatic nitrogens is 2. The predicted octanol–water partition coefficient (Wildman–Crippen LogP) is 1.57. The Morgan fingerprint density at radius 3 is 3.14 bits per heavy atom. The maximum absolute atomic E-state index is 12.1. The summed E-state index contributed by atoms with van der Waals surface area (Å²) in [6, 6.07) is 5.02. The summed E-state index contributed by atoms with van der Waals surface area (Å²) < 4.78 is 2.10. The van der Waals surface area contributed by atoms with Crippen LogP contribution in [0.25, 0.3) is 0 Å². The molecule has 1 aromatic heterocycles. The third-order valence-electron chi connectivity index (χ3n) is 3.46. The van der Waals surface area contributed by atoms with Crippen LogP contribution in [0.1, 0.15) is 5.82 Å². The number of carbonyl (C=O) groups excluding carboxylic acids is 1. The van der Waals surface area contributed by atoms with Crippen LogP contribution in [-0.4, -0.2) is 33.4 Å². The van der Waals surface area contributed by atoms with E-state index in [0.29, 0.717) is 29.5 Å². The van der Waals surface area contributed by atoms with E-state index in [9.17, 15) is 4.79 Å². The fourth-order valence-corrected chi connectivity index (χ4v) is 2.55. The molecular weight excluding hydrogens is 290 g/mol. The molecule has 0 radical (unpaired) electrons. The Labute approximate surface area is 127 Å². The summed E-state index contributed by atoms with van der Waals surface area (Å²) in [5, 5.41) is 3.27. The molecule has 1 amide bonds. The molecule has 0 saturated carbocycles. The summed E-state index contributed by atoms with van der Waals surface area (Å²) in [6.07, 6.45) is 3.74. The summed E-state index contributed by atoms with van der Waals surface area (Å²) in [4.78, 5) is 18.4. The largest absolute Gasteiger partial charge is 0.399 e. The zero-order valence-electron chi connectivity index (χ0n) is 11.4. The second-order valence-electron chi connectivity index (χ2n) is 5.03. The molecule has 110 valence electrons. The smallest absolute Gasteiger partial charge is 0.238 e. The Morgan fingerprint density at radius 1 is 1.43 bits per heavy atom. The van der Waals surface area contributed by atoms with E-state index in [1.807, 2.05) is 6.20 Å². The lowest BCUT2D eigenvalue weighted by molar-refractivity contribution is -0.117. The number of rotatable bonds is 3. The van der Waals surface area contributed by atoms with Gasteiger partial charge in [0, 0.05) is 31.2 Å². The van der Waals surface area contributed by atoms with Crippen LogP contribution in [0.2, 0.25) is 5.02 Å². The van der Waals surface area contributed by atoms with Crippen LogP contribution in [0.15, 0.2) is 30.6 Å². The molecule has 0 unspecified atom stereocenters. The topological polar surface area (TPSA) is 76.2 Å². The van der Waals surface area contributed by atoms with Crippen molar-refractivity contribution in [1.82, 2.24) is 14.5 Å². The van der Waals surface area contributed by atoms with Crippen LogP contribution in [0, 0.1) is 0 Å². The first-order chi connectivity index (χ1) is 10.1. The van der Waals surface area contributed by atoms with E-state index in [0.717, 1.165) is 18.9 Å². The molecule has 1 aromatic carbocycles. The molecule has 2 aromatic rings. The number of fused-ring (bicyclic) bond motifs is 1. The highest BCUT2D eigenvalue weighted by Crippen LogP contribution is 2.24. The number of anilines is 2. The van der Waals surface area contributed by atoms with E-state index in [1.54, 1.807) is 24.4 Å². The number of nitrogens with two attached hydrogens (primary N) is 1. The second-order valence-corrected chi connectivity index (χ2v) is 5.44. The number of halogens is 1. The van der Waals surface area contributed by atoms with Gasteiger partial charge in [-0.25, -0.2) is 4.98 Å². The molecule has 3 rings (SSSR count). The van der Waals surface area contributed by atoms with E-state index in [4.69, 9.17) is 17.3 Å². The average Bonchev–Trinajstić information content (AvgIpc) is 2.90. The zero-order chi connectivity index (χ0) is 14.8. The van der Waals surface area contributed by atoms with E-state index in [2.05, 4.69) is 19.8 Å². The van der Waals surface area contributed by atoms with Gasteiger partial charge in [0.05, 0.1) is 23.8 Å². The zero-order valence-corrected chi connectivity index (χ0v) is 12.2. The van der Waals surface area contributed by atoms with Crippen LogP contribution in [-0.2, 0) is 17.9 Å². The summed E-state index contributed by atoms with van der Waals surface area (Å²) in [5.74, 6) is 0.874. The van der Waals surface area contributed by atoms with Gasteiger partial charge in [0.2, 0.25) is 5.91 Å². The molecule has 3 N–H and O–H groups in total. The fraction of sp³-hybridized carbons (Fsp3) is 0.286. The number of imidazole rings is 1. The first kappa shape index (κ1) is 13.9. The van der Waals surface area contributed by atoms with Gasteiger partial charge >= 0.3 is 0 Å². The predicted molar refractivity (Wildman–Crippen MR) is 82.0 cm³/mol. The molecule has 2 heterocycles. The minimum atomic E-state index is -0.109. The Bertz CT molecular complexity index is 669. The van der Waals surface area contributed by atoms with Crippen molar-refractivity contribution in [3.05, 3.63) is 41.4 Å². The Morgan fingerprint density at radius 2 is 2.29 bits per heavy atom. The molecule has 6 nitrogen and oxygen atoms in total. The molecule has 0 saturated heterocycles. The molecule has 1 aliphatic heterocycles. The van der Waals surface area contributed by atoms with Crippen molar-refractivity contribution in [1.29, 1.82) is 0 Å². The van der Waals surface area contributed by atoms with Crippen LogP contribution in [0.4, 0.5) is 11.4 Å². The van der Waals surface area contributed by atoms with Crippen molar-refractivity contribution in [2.45, 2.75) is 13.1 Å². The lowest BCUT2D eigenvalue weighted by atomic mass is 10.2. The average molecular weight is 306 g/mol. The minimum Gasteiger partial charge on any atom is -0.399 e. The van der Waals surface area contributed by atoms with Gasteiger partial charge in [-0.3, -0.25) is 9.69 Å². The number of nitrogens with zero attached hydrogens (tertiary/aromatic N) is 3. The monoisotopic (exact) mass is 305 g/mol. The lowest BCUT2D eigenvalue weighted by Gasteiger charge is -2.26. The van der Waals surface area contributed by atoms with E-state index in [-0.39, 0.29) is 5.91 Å². The molecule has 0 aliphatic carbocycles. The maximum Gasteiger partial charge on any atom is 0.238 e. The van der Waals surface area contributed by atoms with Gasteiger partial charge in [0.15, 0.2) is 0 Å². The van der Waals surface area contributed by atoms with Gasteiger partial charge < -0.3 is 15.6 Å². The van der Waals surface area contributed by atoms with Crippen molar-refractivity contribution in [3.63, 3.8) is 0 Å². The first-order valence-electron chi connectivity index (χ1n) is 6.69. The summed E-state index contributed by atoms with van der Waals surface area (Å²) in [6.45, 7) is 2.65. The molecular formula is C14H16ClN5O. The number of hydrogen-bond acceptors (Lipinski definition) is 4. The molecule has 0 spiro atoms. The van der Waals surface area contributed by atoms with Crippen LogP contribution in [0.5, 0.6) is 0 Å². The Balaban J connectivity index is 1.61. The number of nitrogen functional groups attached to an aromatic ring is 1. The minimum absolute atomic E-state index is 0.109. The molecule has 1 aliphatic rings. The SMILES string of the molecule is Nc1ccc(Cl)c(NC(=O)CN2CCn3ccnc3C2)c1. The maximum atomic E-state index is 12.1. The molecule has 0 bridgehead atoms. The fourth-order valence-electron chi connectivity index (χ4n) is 2.39. The Kier molecular flexibility index (Phi) is 3.81. The van der Waals surface area contributed by atoms with Gasteiger partial charge in [0.1, 0.15) is 5.82 Å². The van der Waals surface area contributed by atoms with Gasteiger partial charge in [0.25, 0.3) is 0 Å². The molecule has 0 atom stereocenters. The normalized spacial score (nSPS) is 14.7. The van der Waals surface area contributed by atoms with Crippen molar-refractivity contribution >= 4 is 28.9 Å². The van der Waals surface area contributed by atoms with Gasteiger partial charge in [-0.2, -0.15) is 0 Å². The van der Waals surface area contributed by atoms with E-state index < -0.39 is 0 Å². The highest BCUT2D eigenvalue weighted by Gasteiger charge is 2.19. The number of amides is 1. The number of nitrogens with one attached hydrogen (secondary N) is 1. The van der Waals surface area contributed by atoms with Crippen LogP contribution in [0.3, 0.4) is 0 Å². The van der Waals surface area contributed by atoms with Crippen molar-refractivity contribution < 1.29 is 4.79 Å².